The molecule has 0 aliphatic rings. The standard InChI is InChI=1S/C16H20O4/c1-3-5-12-19-14-8-10-15(11-9-14)20-13-6-7-16(17)18-4-2/h8-11H,4,6-7,12-13H2,1-2H3. The fraction of sp³-hybridized carbons (Fsp3) is 0.438. The Bertz CT molecular complexity index is 454. The lowest BCUT2D eigenvalue weighted by Gasteiger charge is -2.07. The second-order valence-electron chi connectivity index (χ2n) is 3.94. The van der Waals surface area contributed by atoms with Gasteiger partial charge in [-0.15, -0.1) is 5.92 Å². The summed E-state index contributed by atoms with van der Waals surface area (Å²) in [6, 6.07) is 7.33. The van der Waals surface area contributed by atoms with Gasteiger partial charge in [0.2, 0.25) is 0 Å². The highest BCUT2D eigenvalue weighted by molar-refractivity contribution is 5.69. The van der Waals surface area contributed by atoms with Crippen molar-refractivity contribution in [1.82, 2.24) is 0 Å². The van der Waals surface area contributed by atoms with E-state index in [1.165, 1.54) is 0 Å². The molecule has 0 aliphatic carbocycles. The number of rotatable bonds is 8. The first-order valence-electron chi connectivity index (χ1n) is 6.67. The van der Waals surface area contributed by atoms with Crippen LogP contribution in [0, 0.1) is 11.8 Å². The smallest absolute Gasteiger partial charge is 0.305 e. The van der Waals surface area contributed by atoms with Crippen molar-refractivity contribution in [2.75, 3.05) is 19.8 Å². The third-order valence-corrected chi connectivity index (χ3v) is 2.41. The van der Waals surface area contributed by atoms with Gasteiger partial charge in [0.15, 0.2) is 0 Å². The molecule has 1 rings (SSSR count). The van der Waals surface area contributed by atoms with Crippen molar-refractivity contribution >= 4 is 5.97 Å². The molecular weight excluding hydrogens is 256 g/mol. The van der Waals surface area contributed by atoms with Crippen LogP contribution in [0.3, 0.4) is 0 Å². The molecule has 0 heterocycles. The van der Waals surface area contributed by atoms with Gasteiger partial charge >= 0.3 is 5.97 Å². The maximum Gasteiger partial charge on any atom is 0.305 e. The number of ether oxygens (including phenoxy) is 3. The van der Waals surface area contributed by atoms with Crippen molar-refractivity contribution in [2.45, 2.75) is 26.7 Å². The van der Waals surface area contributed by atoms with Crippen molar-refractivity contribution < 1.29 is 19.0 Å². The predicted molar refractivity (Wildman–Crippen MR) is 76.7 cm³/mol. The highest BCUT2D eigenvalue weighted by atomic mass is 16.5. The summed E-state index contributed by atoms with van der Waals surface area (Å²) in [4.78, 5) is 11.1. The molecule has 0 saturated carbocycles. The molecule has 0 atom stereocenters. The zero-order valence-corrected chi connectivity index (χ0v) is 12.0. The highest BCUT2D eigenvalue weighted by Gasteiger charge is 2.01. The van der Waals surface area contributed by atoms with Crippen molar-refractivity contribution in [2.24, 2.45) is 0 Å². The zero-order chi connectivity index (χ0) is 14.6. The van der Waals surface area contributed by atoms with E-state index in [2.05, 4.69) is 11.8 Å². The largest absolute Gasteiger partial charge is 0.494 e. The summed E-state index contributed by atoms with van der Waals surface area (Å²) >= 11 is 0. The van der Waals surface area contributed by atoms with Gasteiger partial charge in [-0.25, -0.2) is 0 Å². The molecule has 0 fully saturated rings. The fourth-order valence-corrected chi connectivity index (χ4v) is 1.46. The molecule has 1 aromatic rings. The minimum Gasteiger partial charge on any atom is -0.494 e. The van der Waals surface area contributed by atoms with E-state index in [9.17, 15) is 4.79 Å². The Balaban J connectivity index is 2.23. The second kappa shape index (κ2) is 9.74. The van der Waals surface area contributed by atoms with Crippen LogP contribution in [0.15, 0.2) is 24.3 Å². The Morgan fingerprint density at radius 1 is 1.15 bits per heavy atom. The van der Waals surface area contributed by atoms with Gasteiger partial charge in [0.1, 0.15) is 18.1 Å². The van der Waals surface area contributed by atoms with Crippen LogP contribution in [-0.4, -0.2) is 25.8 Å². The normalized spacial score (nSPS) is 9.30. The molecule has 1 aromatic carbocycles. The molecule has 4 heteroatoms. The maximum atomic E-state index is 11.1. The Labute approximate surface area is 120 Å². The lowest BCUT2D eigenvalue weighted by molar-refractivity contribution is -0.143. The average Bonchev–Trinajstić information content (AvgIpc) is 2.46. The van der Waals surface area contributed by atoms with Gasteiger partial charge in [0.05, 0.1) is 13.2 Å². The maximum absolute atomic E-state index is 11.1. The van der Waals surface area contributed by atoms with Gasteiger partial charge < -0.3 is 14.2 Å². The van der Waals surface area contributed by atoms with Crippen LogP contribution in [0.2, 0.25) is 0 Å². The van der Waals surface area contributed by atoms with Gasteiger partial charge in [0, 0.05) is 6.42 Å². The second-order valence-corrected chi connectivity index (χ2v) is 3.94. The van der Waals surface area contributed by atoms with Gasteiger partial charge in [-0.05, 0) is 44.5 Å². The molecule has 0 aromatic heterocycles. The molecule has 0 aliphatic heterocycles. The Hall–Kier alpha value is -2.15. The van der Waals surface area contributed by atoms with E-state index in [0.717, 1.165) is 11.5 Å². The number of esters is 1. The monoisotopic (exact) mass is 276 g/mol. The van der Waals surface area contributed by atoms with E-state index in [1.54, 1.807) is 13.8 Å². The lowest BCUT2D eigenvalue weighted by Crippen LogP contribution is -2.06. The number of carbonyl (C=O) groups is 1. The number of benzene rings is 1. The van der Waals surface area contributed by atoms with Crippen LogP contribution >= 0.6 is 0 Å². The summed E-state index contributed by atoms with van der Waals surface area (Å²) in [5, 5.41) is 0. The minimum absolute atomic E-state index is 0.183. The van der Waals surface area contributed by atoms with Crippen LogP contribution < -0.4 is 9.47 Å². The van der Waals surface area contributed by atoms with Crippen molar-refractivity contribution in [3.63, 3.8) is 0 Å². The van der Waals surface area contributed by atoms with Crippen LogP contribution in [0.4, 0.5) is 0 Å². The molecule has 4 nitrogen and oxygen atoms in total. The molecule has 0 bridgehead atoms. The minimum atomic E-state index is -0.183. The molecule has 0 N–H and O–H groups in total. The fourth-order valence-electron chi connectivity index (χ4n) is 1.46. The van der Waals surface area contributed by atoms with E-state index in [-0.39, 0.29) is 5.97 Å². The van der Waals surface area contributed by atoms with Crippen LogP contribution in [0.1, 0.15) is 26.7 Å². The zero-order valence-electron chi connectivity index (χ0n) is 12.0. The van der Waals surface area contributed by atoms with Gasteiger partial charge in [-0.1, -0.05) is 5.92 Å². The first-order chi connectivity index (χ1) is 9.76. The van der Waals surface area contributed by atoms with Gasteiger partial charge in [0.25, 0.3) is 0 Å². The quantitative estimate of drug-likeness (QED) is 0.416. The van der Waals surface area contributed by atoms with E-state index in [4.69, 9.17) is 14.2 Å². The molecule has 0 amide bonds. The summed E-state index contributed by atoms with van der Waals surface area (Å²) in [7, 11) is 0. The van der Waals surface area contributed by atoms with E-state index >= 15 is 0 Å². The Kier molecular flexibility index (Phi) is 7.74. The molecule has 20 heavy (non-hydrogen) atoms. The Morgan fingerprint density at radius 3 is 2.40 bits per heavy atom. The van der Waals surface area contributed by atoms with E-state index in [0.29, 0.717) is 32.7 Å². The number of carbonyl (C=O) groups excluding carboxylic acids is 1. The summed E-state index contributed by atoms with van der Waals surface area (Å²) in [5.41, 5.74) is 0. The lowest BCUT2D eigenvalue weighted by atomic mass is 10.3. The number of hydrogen-bond donors (Lipinski definition) is 0. The summed E-state index contributed by atoms with van der Waals surface area (Å²) in [5.74, 6) is 6.92. The SMILES string of the molecule is CC#CCOc1ccc(OCCCC(=O)OCC)cc1. The predicted octanol–water partition coefficient (Wildman–Crippen LogP) is 2.81. The van der Waals surface area contributed by atoms with Crippen LogP contribution in [0.25, 0.3) is 0 Å². The molecule has 108 valence electrons. The molecular formula is C16H20O4. The third kappa shape index (κ3) is 6.69. The average molecular weight is 276 g/mol. The summed E-state index contributed by atoms with van der Waals surface area (Å²) < 4.78 is 15.8. The van der Waals surface area contributed by atoms with E-state index in [1.807, 2.05) is 24.3 Å². The molecule has 0 radical (unpaired) electrons. The topological polar surface area (TPSA) is 44.8 Å². The van der Waals surface area contributed by atoms with Crippen molar-refractivity contribution in [3.05, 3.63) is 24.3 Å². The van der Waals surface area contributed by atoms with Gasteiger partial charge in [-0.2, -0.15) is 0 Å². The Morgan fingerprint density at radius 2 is 1.80 bits per heavy atom. The first kappa shape index (κ1) is 15.9. The summed E-state index contributed by atoms with van der Waals surface area (Å²) in [6.07, 6.45) is 1.02. The van der Waals surface area contributed by atoms with E-state index < -0.39 is 0 Å². The van der Waals surface area contributed by atoms with Crippen molar-refractivity contribution in [1.29, 1.82) is 0 Å². The first-order valence-corrected chi connectivity index (χ1v) is 6.67. The summed E-state index contributed by atoms with van der Waals surface area (Å²) in [6.45, 7) is 4.86. The molecule has 0 saturated heterocycles. The van der Waals surface area contributed by atoms with Crippen LogP contribution in [-0.2, 0) is 9.53 Å². The number of hydrogen-bond acceptors (Lipinski definition) is 4. The van der Waals surface area contributed by atoms with Gasteiger partial charge in [-0.3, -0.25) is 4.79 Å². The molecule has 0 spiro atoms. The van der Waals surface area contributed by atoms with Crippen LogP contribution in [0.5, 0.6) is 11.5 Å². The highest BCUT2D eigenvalue weighted by Crippen LogP contribution is 2.17. The molecule has 0 unspecified atom stereocenters. The van der Waals surface area contributed by atoms with Crippen molar-refractivity contribution in [3.8, 4) is 23.3 Å². The third-order valence-electron chi connectivity index (χ3n) is 2.41.